The third-order valence-corrected chi connectivity index (χ3v) is 11.4. The zero-order valence-electron chi connectivity index (χ0n) is 27.2. The number of Topliss-reactive ketones (excluding diaryl/α,β-unsaturated/α-hetero) is 1. The number of nitrogens with one attached hydrogen (secondary N) is 3. The molecule has 0 radical (unpaired) electrons. The standard InChI is InChI=1S/C32H25N7O12S3/c1-39-23-10-9-21(28-27(23)19(14-26(39)40)17-4-2-3-5-18(17)29(28)41)34-20-8-6-15(12-25(20)54(49,50)51)33-30-36-31(38-32(42)37-30)35-22-13-16(52(43,44)45)7-11-24(22)53(46,47)48/h2-14,27-28,34H,1H3,(H,43,44,45)(H,46,47,48)(H,49,50,51)(H3,33,35,36,37,38,42). The highest BCUT2D eigenvalue weighted by atomic mass is 32.2. The Morgan fingerprint density at radius 1 is 0.685 bits per heavy atom. The Labute approximate surface area is 306 Å². The first-order chi connectivity index (χ1) is 25.3. The van der Waals surface area contributed by atoms with Crippen molar-refractivity contribution in [3.05, 3.63) is 101 Å². The van der Waals surface area contributed by atoms with Gasteiger partial charge in [0.15, 0.2) is 5.78 Å². The molecule has 7 rings (SSSR count). The molecule has 278 valence electrons. The van der Waals surface area contributed by atoms with Crippen LogP contribution in [0.2, 0.25) is 0 Å². The molecular formula is C32H25N7O12S3. The van der Waals surface area contributed by atoms with Gasteiger partial charge in [-0.3, -0.25) is 23.2 Å². The summed E-state index contributed by atoms with van der Waals surface area (Å²) in [5.74, 6) is -3.11. The second-order valence-corrected chi connectivity index (χ2v) is 16.2. The quantitative estimate of drug-likeness (QED) is 0.120. The van der Waals surface area contributed by atoms with Crippen molar-refractivity contribution in [1.29, 1.82) is 0 Å². The number of hydrogen-bond acceptors (Lipinski definition) is 15. The number of rotatable bonds is 9. The maximum absolute atomic E-state index is 14.0. The van der Waals surface area contributed by atoms with E-state index >= 15 is 0 Å². The van der Waals surface area contributed by atoms with Crippen molar-refractivity contribution in [1.82, 2.24) is 19.9 Å². The molecule has 0 fully saturated rings. The highest BCUT2D eigenvalue weighted by Crippen LogP contribution is 2.50. The summed E-state index contributed by atoms with van der Waals surface area (Å²) in [4.78, 5) is 37.2. The van der Waals surface area contributed by atoms with Crippen LogP contribution in [0.25, 0.3) is 5.57 Å². The normalized spacial score (nSPS) is 18.1. The van der Waals surface area contributed by atoms with E-state index in [9.17, 15) is 53.6 Å². The summed E-state index contributed by atoms with van der Waals surface area (Å²) >= 11 is 0. The predicted octanol–water partition coefficient (Wildman–Crippen LogP) is 2.98. The molecule has 0 spiro atoms. The summed E-state index contributed by atoms with van der Waals surface area (Å²) in [5, 5.41) is 18.1. The number of aromatic hydroxyl groups is 1. The minimum absolute atomic E-state index is 0.0724. The first-order valence-electron chi connectivity index (χ1n) is 15.3. The maximum Gasteiger partial charge on any atom is 0.320 e. The lowest BCUT2D eigenvalue weighted by molar-refractivity contribution is -0.123. The summed E-state index contributed by atoms with van der Waals surface area (Å²) in [7, 11) is -13.2. The van der Waals surface area contributed by atoms with E-state index in [-0.39, 0.29) is 28.8 Å². The van der Waals surface area contributed by atoms with Gasteiger partial charge >= 0.3 is 6.01 Å². The van der Waals surface area contributed by atoms with Crippen LogP contribution in [0.3, 0.4) is 0 Å². The summed E-state index contributed by atoms with van der Waals surface area (Å²) in [6, 6.07) is 11.5. The maximum atomic E-state index is 14.0. The highest BCUT2D eigenvalue weighted by molar-refractivity contribution is 7.86. The fourth-order valence-corrected chi connectivity index (χ4v) is 8.21. The van der Waals surface area contributed by atoms with Crippen LogP contribution in [0.4, 0.5) is 29.0 Å². The molecule has 2 heterocycles. The van der Waals surface area contributed by atoms with Gasteiger partial charge < -0.3 is 26.0 Å². The number of carbonyl (C=O) groups excluding carboxylic acids is 2. The Balaban J connectivity index is 1.22. The van der Waals surface area contributed by atoms with Crippen LogP contribution in [0.1, 0.15) is 15.9 Å². The van der Waals surface area contributed by atoms with Gasteiger partial charge in [0.25, 0.3) is 36.3 Å². The summed E-state index contributed by atoms with van der Waals surface area (Å²) in [5.41, 5.74) is 1.63. The smallest absolute Gasteiger partial charge is 0.320 e. The molecule has 4 aromatic rings. The van der Waals surface area contributed by atoms with E-state index in [2.05, 4.69) is 30.9 Å². The van der Waals surface area contributed by atoms with Gasteiger partial charge in [-0.1, -0.05) is 24.3 Å². The number of anilines is 5. The van der Waals surface area contributed by atoms with Crippen molar-refractivity contribution in [2.24, 2.45) is 11.8 Å². The van der Waals surface area contributed by atoms with Crippen molar-refractivity contribution in [2.45, 2.75) is 14.7 Å². The third kappa shape index (κ3) is 6.68. The SMILES string of the molecule is CN1C(=O)C=C2c3ccccc3C(=O)C3C(Nc4ccc(Nc5nc(O)nc(Nc6cc(S(=O)(=O)O)ccc6S(=O)(=O)O)n5)cc4S(=O)(=O)O)=CC=C1C23. The van der Waals surface area contributed by atoms with Gasteiger partial charge in [-0.15, -0.1) is 0 Å². The van der Waals surface area contributed by atoms with Crippen LogP contribution in [0, 0.1) is 11.8 Å². The van der Waals surface area contributed by atoms with Gasteiger partial charge in [-0.2, -0.15) is 40.2 Å². The molecule has 2 atom stereocenters. The molecule has 22 heteroatoms. The van der Waals surface area contributed by atoms with Crippen molar-refractivity contribution < 1.29 is 53.6 Å². The molecule has 54 heavy (non-hydrogen) atoms. The number of aromatic nitrogens is 3. The molecule has 3 aromatic carbocycles. The summed E-state index contributed by atoms with van der Waals surface area (Å²) < 4.78 is 102. The Bertz CT molecular complexity index is 2770. The third-order valence-electron chi connectivity index (χ3n) is 8.73. The Morgan fingerprint density at radius 3 is 2.02 bits per heavy atom. The zero-order chi connectivity index (χ0) is 38.9. The lowest BCUT2D eigenvalue weighted by Crippen LogP contribution is -2.44. The van der Waals surface area contributed by atoms with Crippen LogP contribution < -0.4 is 16.0 Å². The average molecular weight is 796 g/mol. The monoisotopic (exact) mass is 795 g/mol. The van der Waals surface area contributed by atoms with Crippen molar-refractivity contribution in [3.63, 3.8) is 0 Å². The van der Waals surface area contributed by atoms with Crippen LogP contribution >= 0.6 is 0 Å². The van der Waals surface area contributed by atoms with E-state index < -0.39 is 80.5 Å². The van der Waals surface area contributed by atoms with Crippen LogP contribution in [0.5, 0.6) is 6.01 Å². The van der Waals surface area contributed by atoms with Crippen molar-refractivity contribution in [3.8, 4) is 6.01 Å². The number of amides is 1. The predicted molar refractivity (Wildman–Crippen MR) is 189 cm³/mol. The molecule has 0 saturated heterocycles. The van der Waals surface area contributed by atoms with Crippen LogP contribution in [0.15, 0.2) is 105 Å². The fourth-order valence-electron chi connectivity index (χ4n) is 6.40. The largest absolute Gasteiger partial charge is 0.479 e. The lowest BCUT2D eigenvalue weighted by Gasteiger charge is -2.43. The number of ketones is 1. The van der Waals surface area contributed by atoms with E-state index in [1.54, 1.807) is 43.5 Å². The van der Waals surface area contributed by atoms with E-state index in [0.29, 0.717) is 40.6 Å². The molecule has 2 aliphatic carbocycles. The molecule has 2 unspecified atom stereocenters. The van der Waals surface area contributed by atoms with E-state index in [1.807, 2.05) is 0 Å². The second kappa shape index (κ2) is 12.8. The molecular weight excluding hydrogens is 771 g/mol. The van der Waals surface area contributed by atoms with Gasteiger partial charge in [0.2, 0.25) is 11.9 Å². The average Bonchev–Trinajstić information content (AvgIpc) is 3.08. The zero-order valence-corrected chi connectivity index (χ0v) is 29.7. The van der Waals surface area contributed by atoms with Gasteiger partial charge in [0, 0.05) is 41.7 Å². The van der Waals surface area contributed by atoms with E-state index in [0.717, 1.165) is 6.07 Å². The fraction of sp³-hybridized carbons (Fsp3) is 0.0938. The first-order valence-corrected chi connectivity index (χ1v) is 19.6. The van der Waals surface area contributed by atoms with Gasteiger partial charge in [0.05, 0.1) is 22.2 Å². The Kier molecular flexibility index (Phi) is 8.62. The van der Waals surface area contributed by atoms with Crippen molar-refractivity contribution >= 4 is 76.6 Å². The number of likely N-dealkylation sites (N-methyl/N-ethyl adjacent to an activating group) is 1. The van der Waals surface area contributed by atoms with Gasteiger partial charge in [-0.25, -0.2) is 0 Å². The van der Waals surface area contributed by atoms with E-state index in [1.165, 1.54) is 23.1 Å². The molecule has 3 aliphatic rings. The second-order valence-electron chi connectivity index (χ2n) is 12.0. The Hall–Kier alpha value is -6.04. The van der Waals surface area contributed by atoms with Gasteiger partial charge in [0.1, 0.15) is 9.79 Å². The van der Waals surface area contributed by atoms with Crippen LogP contribution in [-0.4, -0.2) is 82.6 Å². The minimum Gasteiger partial charge on any atom is -0.479 e. The molecule has 1 aliphatic heterocycles. The summed E-state index contributed by atoms with van der Waals surface area (Å²) in [6.07, 6.45) is 4.67. The molecule has 19 nitrogen and oxygen atoms in total. The highest BCUT2D eigenvalue weighted by Gasteiger charge is 2.47. The molecule has 7 N–H and O–H groups in total. The minimum atomic E-state index is -4.97. The van der Waals surface area contributed by atoms with Gasteiger partial charge in [-0.05, 0) is 59.7 Å². The Morgan fingerprint density at radius 2 is 1.35 bits per heavy atom. The number of allylic oxidation sites excluding steroid dienone is 4. The number of benzene rings is 3. The number of fused-ring (bicyclic) bond motifs is 2. The molecule has 0 saturated carbocycles. The van der Waals surface area contributed by atoms with E-state index in [4.69, 9.17) is 0 Å². The molecule has 1 amide bonds. The first kappa shape index (κ1) is 36.3. The van der Waals surface area contributed by atoms with Crippen LogP contribution in [-0.2, 0) is 35.1 Å². The number of hydrogen-bond donors (Lipinski definition) is 7. The number of carbonyl (C=O) groups is 2. The summed E-state index contributed by atoms with van der Waals surface area (Å²) in [6.45, 7) is 0. The lowest BCUT2D eigenvalue weighted by atomic mass is 9.66. The topological polar surface area (TPSA) is 295 Å². The number of nitrogens with zero attached hydrogens (tertiary/aromatic N) is 4. The molecule has 1 aromatic heterocycles. The molecule has 0 bridgehead atoms. The van der Waals surface area contributed by atoms with Crippen molar-refractivity contribution in [2.75, 3.05) is 23.0 Å².